The molecule has 1 amide bonds. The summed E-state index contributed by atoms with van der Waals surface area (Å²) in [4.78, 5) is 29.1. The van der Waals surface area contributed by atoms with E-state index in [-0.39, 0.29) is 23.3 Å². The smallest absolute Gasteiger partial charge is 0.291 e. The molecule has 0 saturated heterocycles. The molecular formula is C31H24ClNO6. The van der Waals surface area contributed by atoms with E-state index in [1.807, 2.05) is 49.4 Å². The van der Waals surface area contributed by atoms with Gasteiger partial charge in [-0.15, -0.1) is 0 Å². The van der Waals surface area contributed by atoms with Gasteiger partial charge in [-0.25, -0.2) is 0 Å². The van der Waals surface area contributed by atoms with Crippen molar-refractivity contribution in [3.05, 3.63) is 129 Å². The van der Waals surface area contributed by atoms with Crippen molar-refractivity contribution in [2.75, 3.05) is 6.61 Å². The van der Waals surface area contributed by atoms with Gasteiger partial charge in [-0.05, 0) is 60.5 Å². The van der Waals surface area contributed by atoms with Crippen molar-refractivity contribution < 1.29 is 23.1 Å². The van der Waals surface area contributed by atoms with E-state index < -0.39 is 11.9 Å². The molecule has 0 aliphatic carbocycles. The largest absolute Gasteiger partial charge is 0.490 e. The van der Waals surface area contributed by atoms with Crippen LogP contribution in [0.2, 0.25) is 5.02 Å². The van der Waals surface area contributed by atoms with Crippen molar-refractivity contribution in [1.82, 2.24) is 4.90 Å². The van der Waals surface area contributed by atoms with Crippen molar-refractivity contribution in [3.8, 4) is 11.5 Å². The zero-order valence-electron chi connectivity index (χ0n) is 21.1. The van der Waals surface area contributed by atoms with E-state index in [4.69, 9.17) is 29.9 Å². The maximum atomic E-state index is 13.8. The molecular weight excluding hydrogens is 518 g/mol. The van der Waals surface area contributed by atoms with Crippen molar-refractivity contribution in [2.24, 2.45) is 0 Å². The van der Waals surface area contributed by atoms with E-state index in [1.54, 1.807) is 47.6 Å². The molecule has 39 heavy (non-hydrogen) atoms. The van der Waals surface area contributed by atoms with Crippen molar-refractivity contribution in [1.29, 1.82) is 0 Å². The van der Waals surface area contributed by atoms with Gasteiger partial charge in [-0.3, -0.25) is 9.59 Å². The van der Waals surface area contributed by atoms with Crippen LogP contribution in [0.25, 0.3) is 11.0 Å². The molecule has 0 spiro atoms. The Morgan fingerprint density at radius 1 is 0.923 bits per heavy atom. The average molecular weight is 542 g/mol. The molecule has 3 heterocycles. The molecule has 2 aromatic heterocycles. The maximum absolute atomic E-state index is 13.8. The van der Waals surface area contributed by atoms with Gasteiger partial charge in [0, 0.05) is 5.02 Å². The summed E-state index contributed by atoms with van der Waals surface area (Å²) >= 11 is 6.19. The van der Waals surface area contributed by atoms with E-state index in [9.17, 15) is 9.59 Å². The number of hydrogen-bond acceptors (Lipinski definition) is 6. The number of rotatable bonds is 8. The molecule has 0 bridgehead atoms. The second-order valence-corrected chi connectivity index (χ2v) is 9.58. The fourth-order valence-corrected chi connectivity index (χ4v) is 5.06. The van der Waals surface area contributed by atoms with Gasteiger partial charge in [0.15, 0.2) is 16.9 Å². The molecule has 6 rings (SSSR count). The zero-order valence-corrected chi connectivity index (χ0v) is 21.8. The quantitative estimate of drug-likeness (QED) is 0.216. The Morgan fingerprint density at radius 2 is 1.77 bits per heavy atom. The Hall–Kier alpha value is -4.49. The minimum absolute atomic E-state index is 0.00809. The highest BCUT2D eigenvalue weighted by atomic mass is 35.5. The van der Waals surface area contributed by atoms with E-state index >= 15 is 0 Å². The number of benzene rings is 3. The molecule has 0 saturated carbocycles. The Morgan fingerprint density at radius 3 is 2.54 bits per heavy atom. The monoisotopic (exact) mass is 541 g/mol. The predicted octanol–water partition coefficient (Wildman–Crippen LogP) is 6.76. The Labute approximate surface area is 229 Å². The van der Waals surface area contributed by atoms with Gasteiger partial charge in [0.1, 0.15) is 18.0 Å². The highest BCUT2D eigenvalue weighted by molar-refractivity contribution is 6.31. The number of amides is 1. The second kappa shape index (κ2) is 10.3. The second-order valence-electron chi connectivity index (χ2n) is 9.14. The van der Waals surface area contributed by atoms with Gasteiger partial charge < -0.3 is 23.2 Å². The molecule has 1 aliphatic rings. The van der Waals surface area contributed by atoms with Crippen LogP contribution in [-0.4, -0.2) is 17.4 Å². The average Bonchev–Trinajstić information content (AvgIpc) is 3.56. The molecule has 0 fully saturated rings. The van der Waals surface area contributed by atoms with Crippen LogP contribution in [0, 0.1) is 0 Å². The topological polar surface area (TPSA) is 82.1 Å². The van der Waals surface area contributed by atoms with Gasteiger partial charge in [0.2, 0.25) is 5.76 Å². The van der Waals surface area contributed by atoms with Crippen LogP contribution in [-0.2, 0) is 13.2 Å². The van der Waals surface area contributed by atoms with Crippen LogP contribution in [0.5, 0.6) is 11.5 Å². The minimum Gasteiger partial charge on any atom is -0.490 e. The van der Waals surface area contributed by atoms with Crippen LogP contribution in [0.4, 0.5) is 0 Å². The molecule has 196 valence electrons. The summed E-state index contributed by atoms with van der Waals surface area (Å²) in [6.45, 7) is 2.81. The molecule has 8 heteroatoms. The highest BCUT2D eigenvalue weighted by Gasteiger charge is 2.43. The maximum Gasteiger partial charge on any atom is 0.291 e. The number of nitrogens with zero attached hydrogens (tertiary/aromatic N) is 1. The normalized spacial score (nSPS) is 14.6. The number of carbonyl (C=O) groups excluding carboxylic acids is 1. The summed E-state index contributed by atoms with van der Waals surface area (Å²) in [5, 5.41) is 0.716. The van der Waals surface area contributed by atoms with Crippen LogP contribution in [0.1, 0.15) is 46.0 Å². The summed E-state index contributed by atoms with van der Waals surface area (Å²) in [5.41, 5.74) is 1.94. The Kier molecular flexibility index (Phi) is 6.59. The third kappa shape index (κ3) is 4.66. The third-order valence-electron chi connectivity index (χ3n) is 6.65. The summed E-state index contributed by atoms with van der Waals surface area (Å²) in [6, 6.07) is 22.9. The molecule has 3 aromatic carbocycles. The molecule has 0 radical (unpaired) electrons. The van der Waals surface area contributed by atoms with Crippen LogP contribution in [0.15, 0.2) is 98.8 Å². The van der Waals surface area contributed by atoms with Gasteiger partial charge >= 0.3 is 0 Å². The standard InChI is InChI=1S/C31H24ClNO6/c1-2-36-26-15-20(10-12-25(26)38-18-19-7-4-3-5-8-19)28-27-29(34)23-16-21(32)11-13-24(23)39-30(27)31(35)33(28)17-22-9-6-14-37-22/h3-16,28H,2,17-18H2,1H3. The number of ether oxygens (including phenoxy) is 2. The van der Waals surface area contributed by atoms with Crippen molar-refractivity contribution in [3.63, 3.8) is 0 Å². The fourth-order valence-electron chi connectivity index (χ4n) is 4.89. The first kappa shape index (κ1) is 24.8. The molecule has 0 N–H and O–H groups in total. The summed E-state index contributed by atoms with van der Waals surface area (Å²) in [5.74, 6) is 1.26. The highest BCUT2D eigenvalue weighted by Crippen LogP contribution is 2.42. The lowest BCUT2D eigenvalue weighted by Crippen LogP contribution is -2.29. The lowest BCUT2D eigenvalue weighted by molar-refractivity contribution is 0.0701. The molecule has 5 aromatic rings. The minimum atomic E-state index is -0.736. The molecule has 1 unspecified atom stereocenters. The van der Waals surface area contributed by atoms with Gasteiger partial charge in [0.25, 0.3) is 5.91 Å². The van der Waals surface area contributed by atoms with E-state index in [2.05, 4.69) is 0 Å². The molecule has 1 atom stereocenters. The first-order valence-corrected chi connectivity index (χ1v) is 12.9. The SMILES string of the molecule is CCOc1cc(C2c3c(oc4ccc(Cl)cc4c3=O)C(=O)N2Cc2ccco2)ccc1OCc1ccccc1. The lowest BCUT2D eigenvalue weighted by Gasteiger charge is -2.25. The van der Waals surface area contributed by atoms with E-state index in [1.165, 1.54) is 0 Å². The zero-order chi connectivity index (χ0) is 26.9. The summed E-state index contributed by atoms with van der Waals surface area (Å²) in [7, 11) is 0. The fraction of sp³-hybridized carbons (Fsp3) is 0.161. The Balaban J connectivity index is 1.46. The summed E-state index contributed by atoms with van der Waals surface area (Å²) in [6.07, 6.45) is 1.55. The van der Waals surface area contributed by atoms with Crippen LogP contribution < -0.4 is 14.9 Å². The molecule has 7 nitrogen and oxygen atoms in total. The predicted molar refractivity (Wildman–Crippen MR) is 146 cm³/mol. The number of halogens is 1. The number of carbonyl (C=O) groups is 1. The van der Waals surface area contributed by atoms with Crippen molar-refractivity contribution in [2.45, 2.75) is 26.1 Å². The van der Waals surface area contributed by atoms with Gasteiger partial charge in [0.05, 0.1) is 36.4 Å². The number of hydrogen-bond donors (Lipinski definition) is 0. The first-order valence-electron chi connectivity index (χ1n) is 12.6. The third-order valence-corrected chi connectivity index (χ3v) is 6.89. The van der Waals surface area contributed by atoms with Gasteiger partial charge in [-0.2, -0.15) is 0 Å². The van der Waals surface area contributed by atoms with Gasteiger partial charge in [-0.1, -0.05) is 48.0 Å². The van der Waals surface area contributed by atoms with E-state index in [0.29, 0.717) is 52.0 Å². The Bertz CT molecular complexity index is 1710. The first-order chi connectivity index (χ1) is 19.0. The van der Waals surface area contributed by atoms with Crippen LogP contribution in [0.3, 0.4) is 0 Å². The van der Waals surface area contributed by atoms with Crippen molar-refractivity contribution >= 4 is 28.5 Å². The number of fused-ring (bicyclic) bond motifs is 2. The van der Waals surface area contributed by atoms with E-state index in [0.717, 1.165) is 5.56 Å². The summed E-state index contributed by atoms with van der Waals surface area (Å²) < 4.78 is 23.6. The van der Waals surface area contributed by atoms with Crippen LogP contribution >= 0.6 is 11.6 Å². The lowest BCUT2D eigenvalue weighted by atomic mass is 9.98. The molecule has 1 aliphatic heterocycles. The number of furan rings is 1.